The molecule has 1 aliphatic rings. The van der Waals surface area contributed by atoms with Crippen LogP contribution in [-0.2, 0) is 11.3 Å². The Kier molecular flexibility index (Phi) is 4.94. The van der Waals surface area contributed by atoms with Gasteiger partial charge in [-0.1, -0.05) is 12.1 Å². The molecule has 1 aromatic heterocycles. The third kappa shape index (κ3) is 4.09. The van der Waals surface area contributed by atoms with Crippen LogP contribution < -0.4 is 4.74 Å². The summed E-state index contributed by atoms with van der Waals surface area (Å²) in [7, 11) is 1.69. The molecule has 4 heteroatoms. The maximum atomic E-state index is 5.80. The number of hydrogen-bond donors (Lipinski definition) is 0. The van der Waals surface area contributed by atoms with Crippen LogP contribution in [-0.4, -0.2) is 42.3 Å². The summed E-state index contributed by atoms with van der Waals surface area (Å²) in [5.74, 6) is 0.865. The maximum absolute atomic E-state index is 5.80. The van der Waals surface area contributed by atoms with E-state index in [0.717, 1.165) is 36.5 Å². The smallest absolute Gasteiger partial charge is 0.119 e. The molecule has 4 nitrogen and oxygen atoms in total. The third-order valence-electron chi connectivity index (χ3n) is 4.10. The van der Waals surface area contributed by atoms with Gasteiger partial charge in [-0.15, -0.1) is 0 Å². The Morgan fingerprint density at radius 3 is 2.65 bits per heavy atom. The normalized spacial score (nSPS) is 22.0. The van der Waals surface area contributed by atoms with E-state index in [9.17, 15) is 0 Å². The number of pyridine rings is 1. The first-order chi connectivity index (χ1) is 11.1. The first kappa shape index (κ1) is 16.0. The molecule has 2 aromatic rings. The number of hydrogen-bond acceptors (Lipinski definition) is 4. The standard InChI is InChI=1S/C19H24N2O2/c1-14-11-21(12-15(2)23-14)13-16-7-18(10-20-9-16)17-5-4-6-19(8-17)22-3/h4-10,14-15H,11-13H2,1-3H3. The Labute approximate surface area is 138 Å². The summed E-state index contributed by atoms with van der Waals surface area (Å²) in [6.07, 6.45) is 4.43. The van der Waals surface area contributed by atoms with Crippen molar-refractivity contribution in [1.29, 1.82) is 0 Å². The summed E-state index contributed by atoms with van der Waals surface area (Å²) in [6.45, 7) is 7.10. The summed E-state index contributed by atoms with van der Waals surface area (Å²) in [5.41, 5.74) is 3.48. The predicted octanol–water partition coefficient (Wildman–Crippen LogP) is 3.37. The molecule has 2 unspecified atom stereocenters. The van der Waals surface area contributed by atoms with E-state index in [0.29, 0.717) is 0 Å². The first-order valence-corrected chi connectivity index (χ1v) is 8.10. The van der Waals surface area contributed by atoms with Crippen molar-refractivity contribution < 1.29 is 9.47 Å². The average Bonchev–Trinajstić information content (AvgIpc) is 2.54. The lowest BCUT2D eigenvalue weighted by Crippen LogP contribution is -2.44. The molecule has 2 atom stereocenters. The summed E-state index contributed by atoms with van der Waals surface area (Å²) in [4.78, 5) is 6.86. The number of morpholine rings is 1. The largest absolute Gasteiger partial charge is 0.497 e. The quantitative estimate of drug-likeness (QED) is 0.867. The molecule has 1 aliphatic heterocycles. The molecule has 23 heavy (non-hydrogen) atoms. The van der Waals surface area contributed by atoms with Gasteiger partial charge in [0.1, 0.15) is 5.75 Å². The number of rotatable bonds is 4. The minimum absolute atomic E-state index is 0.285. The molecule has 0 N–H and O–H groups in total. The van der Waals surface area contributed by atoms with E-state index >= 15 is 0 Å². The highest BCUT2D eigenvalue weighted by Crippen LogP contribution is 2.24. The van der Waals surface area contributed by atoms with Gasteiger partial charge < -0.3 is 9.47 Å². The number of methoxy groups -OCH3 is 1. The molecule has 0 spiro atoms. The maximum Gasteiger partial charge on any atom is 0.119 e. The summed E-state index contributed by atoms with van der Waals surface area (Å²) in [6, 6.07) is 10.3. The van der Waals surface area contributed by atoms with E-state index in [-0.39, 0.29) is 12.2 Å². The van der Waals surface area contributed by atoms with Gasteiger partial charge in [0.2, 0.25) is 0 Å². The zero-order valence-electron chi connectivity index (χ0n) is 14.0. The highest BCUT2D eigenvalue weighted by Gasteiger charge is 2.22. The van der Waals surface area contributed by atoms with Crippen LogP contribution in [0, 0.1) is 0 Å². The van der Waals surface area contributed by atoms with E-state index < -0.39 is 0 Å². The lowest BCUT2D eigenvalue weighted by Gasteiger charge is -2.35. The van der Waals surface area contributed by atoms with Crippen LogP contribution in [0.15, 0.2) is 42.7 Å². The summed E-state index contributed by atoms with van der Waals surface area (Å²) in [5, 5.41) is 0. The van der Waals surface area contributed by atoms with Crippen molar-refractivity contribution in [2.24, 2.45) is 0 Å². The lowest BCUT2D eigenvalue weighted by atomic mass is 10.1. The van der Waals surface area contributed by atoms with Crippen molar-refractivity contribution >= 4 is 0 Å². The Bertz CT molecular complexity index is 649. The second-order valence-corrected chi connectivity index (χ2v) is 6.27. The van der Waals surface area contributed by atoms with Crippen molar-refractivity contribution in [1.82, 2.24) is 9.88 Å². The number of aromatic nitrogens is 1. The van der Waals surface area contributed by atoms with Crippen LogP contribution in [0.1, 0.15) is 19.4 Å². The topological polar surface area (TPSA) is 34.6 Å². The van der Waals surface area contributed by atoms with Crippen LogP contribution in [0.25, 0.3) is 11.1 Å². The molecular formula is C19H24N2O2. The molecule has 3 rings (SSSR count). The third-order valence-corrected chi connectivity index (χ3v) is 4.10. The van der Waals surface area contributed by atoms with E-state index in [2.05, 4.69) is 35.9 Å². The molecule has 1 fully saturated rings. The molecule has 0 bridgehead atoms. The van der Waals surface area contributed by atoms with Crippen molar-refractivity contribution in [3.63, 3.8) is 0 Å². The summed E-state index contributed by atoms with van der Waals surface area (Å²) < 4.78 is 11.1. The van der Waals surface area contributed by atoms with E-state index in [4.69, 9.17) is 9.47 Å². The van der Waals surface area contributed by atoms with Gasteiger partial charge in [0.05, 0.1) is 19.3 Å². The fourth-order valence-electron chi connectivity index (χ4n) is 3.21. The number of nitrogens with zero attached hydrogens (tertiary/aromatic N) is 2. The molecule has 122 valence electrons. The molecule has 0 radical (unpaired) electrons. The molecule has 0 saturated carbocycles. The highest BCUT2D eigenvalue weighted by atomic mass is 16.5. The van der Waals surface area contributed by atoms with Gasteiger partial charge in [0, 0.05) is 37.6 Å². The second kappa shape index (κ2) is 7.11. The zero-order valence-corrected chi connectivity index (χ0v) is 14.0. The van der Waals surface area contributed by atoms with E-state index in [1.165, 1.54) is 5.56 Å². The molecule has 1 aromatic carbocycles. The van der Waals surface area contributed by atoms with Gasteiger partial charge in [-0.3, -0.25) is 9.88 Å². The van der Waals surface area contributed by atoms with Crippen molar-refractivity contribution in [3.8, 4) is 16.9 Å². The van der Waals surface area contributed by atoms with Crippen LogP contribution in [0.4, 0.5) is 0 Å². The van der Waals surface area contributed by atoms with Crippen LogP contribution in [0.3, 0.4) is 0 Å². The Morgan fingerprint density at radius 2 is 1.91 bits per heavy atom. The minimum Gasteiger partial charge on any atom is -0.497 e. The summed E-state index contributed by atoms with van der Waals surface area (Å²) >= 11 is 0. The monoisotopic (exact) mass is 312 g/mol. The van der Waals surface area contributed by atoms with Crippen LogP contribution >= 0.6 is 0 Å². The molecule has 0 aliphatic carbocycles. The van der Waals surface area contributed by atoms with Crippen LogP contribution in [0.2, 0.25) is 0 Å². The van der Waals surface area contributed by atoms with Gasteiger partial charge >= 0.3 is 0 Å². The van der Waals surface area contributed by atoms with E-state index in [1.807, 2.05) is 30.6 Å². The molecule has 1 saturated heterocycles. The lowest BCUT2D eigenvalue weighted by molar-refractivity contribution is -0.0705. The fraction of sp³-hybridized carbons (Fsp3) is 0.421. The van der Waals surface area contributed by atoms with Crippen molar-refractivity contribution in [3.05, 3.63) is 48.3 Å². The van der Waals surface area contributed by atoms with Gasteiger partial charge in [0.25, 0.3) is 0 Å². The van der Waals surface area contributed by atoms with Crippen molar-refractivity contribution in [2.75, 3.05) is 20.2 Å². The SMILES string of the molecule is COc1cccc(-c2cncc(CN3CC(C)OC(C)C3)c2)c1. The molecular weight excluding hydrogens is 288 g/mol. The number of ether oxygens (including phenoxy) is 2. The van der Waals surface area contributed by atoms with Gasteiger partial charge in [-0.2, -0.15) is 0 Å². The minimum atomic E-state index is 0.285. The predicted molar refractivity (Wildman–Crippen MR) is 91.5 cm³/mol. The Hall–Kier alpha value is -1.91. The molecule has 2 heterocycles. The fourth-order valence-corrected chi connectivity index (χ4v) is 3.21. The molecule has 0 amide bonds. The van der Waals surface area contributed by atoms with Crippen molar-refractivity contribution in [2.45, 2.75) is 32.6 Å². The highest BCUT2D eigenvalue weighted by molar-refractivity contribution is 5.64. The van der Waals surface area contributed by atoms with Gasteiger partial charge in [-0.05, 0) is 43.2 Å². The van der Waals surface area contributed by atoms with Gasteiger partial charge in [0.15, 0.2) is 0 Å². The second-order valence-electron chi connectivity index (χ2n) is 6.27. The van der Waals surface area contributed by atoms with Crippen LogP contribution in [0.5, 0.6) is 5.75 Å². The average molecular weight is 312 g/mol. The van der Waals surface area contributed by atoms with Gasteiger partial charge in [-0.25, -0.2) is 0 Å². The zero-order chi connectivity index (χ0) is 16.2. The Morgan fingerprint density at radius 1 is 1.13 bits per heavy atom. The number of benzene rings is 1. The Balaban J connectivity index is 1.77. The first-order valence-electron chi connectivity index (χ1n) is 8.10. The van der Waals surface area contributed by atoms with E-state index in [1.54, 1.807) is 7.11 Å².